The van der Waals surface area contributed by atoms with Gasteiger partial charge in [-0.3, -0.25) is 10.1 Å². The molecule has 0 aliphatic heterocycles. The van der Waals surface area contributed by atoms with Gasteiger partial charge in [0.05, 0.1) is 16.7 Å². The normalized spacial score (nSPS) is 27.1. The molecule has 1 saturated carbocycles. The molecule has 1 aromatic heterocycles. The van der Waals surface area contributed by atoms with E-state index in [0.717, 1.165) is 29.3 Å². The van der Waals surface area contributed by atoms with Gasteiger partial charge in [0.15, 0.2) is 0 Å². The highest BCUT2D eigenvalue weighted by molar-refractivity contribution is 5.87. The summed E-state index contributed by atoms with van der Waals surface area (Å²) in [6.45, 7) is 2.37. The molecule has 3 atom stereocenters. The molecule has 1 fully saturated rings. The minimum Gasteiger partial charge on any atom is -0.353 e. The topological polar surface area (TPSA) is 75.5 Å². The Morgan fingerprint density at radius 1 is 1.25 bits per heavy atom. The Labute approximate surface area is 142 Å². The number of aromatic nitrogens is 1. The number of hydrogen-bond donors (Lipinski definition) is 2. The van der Waals surface area contributed by atoms with Gasteiger partial charge in [-0.2, -0.15) is 0 Å². The van der Waals surface area contributed by atoms with Crippen molar-refractivity contribution in [3.63, 3.8) is 0 Å². The number of nitro benzene ring substituents is 1. The fourth-order valence-electron chi connectivity index (χ4n) is 4.78. The van der Waals surface area contributed by atoms with Crippen LogP contribution in [-0.4, -0.2) is 15.9 Å². The molecule has 1 aromatic carbocycles. The van der Waals surface area contributed by atoms with Crippen molar-refractivity contribution in [3.05, 3.63) is 39.6 Å². The van der Waals surface area contributed by atoms with Gasteiger partial charge in [-0.25, -0.2) is 0 Å². The number of aryl methyl sites for hydroxylation is 1. The Morgan fingerprint density at radius 2 is 2.12 bits per heavy atom. The summed E-state index contributed by atoms with van der Waals surface area (Å²) in [6.07, 6.45) is 8.76. The van der Waals surface area contributed by atoms with Gasteiger partial charge in [0, 0.05) is 35.9 Å². The van der Waals surface area contributed by atoms with Crippen molar-refractivity contribution in [1.82, 2.24) is 4.98 Å². The molecule has 4 rings (SSSR count). The Balaban J connectivity index is 1.64. The third kappa shape index (κ3) is 2.81. The van der Waals surface area contributed by atoms with Crippen molar-refractivity contribution in [1.29, 1.82) is 0 Å². The molecule has 0 saturated heterocycles. The third-order valence-corrected chi connectivity index (χ3v) is 5.93. The summed E-state index contributed by atoms with van der Waals surface area (Å²) in [4.78, 5) is 14.4. The summed E-state index contributed by atoms with van der Waals surface area (Å²) in [6, 6.07) is 6.42. The molecule has 128 valence electrons. The van der Waals surface area contributed by atoms with Crippen LogP contribution in [0.3, 0.4) is 0 Å². The molecule has 5 nitrogen and oxygen atoms in total. The van der Waals surface area contributed by atoms with Crippen molar-refractivity contribution in [2.45, 2.75) is 64.0 Å². The first-order valence-electron chi connectivity index (χ1n) is 9.25. The van der Waals surface area contributed by atoms with E-state index in [2.05, 4.69) is 17.2 Å². The van der Waals surface area contributed by atoms with E-state index in [4.69, 9.17) is 0 Å². The number of non-ortho nitro benzene ring substituents is 1. The summed E-state index contributed by atoms with van der Waals surface area (Å²) in [5.74, 6) is 0.841. The zero-order valence-corrected chi connectivity index (χ0v) is 14.3. The van der Waals surface area contributed by atoms with Crippen LogP contribution < -0.4 is 5.32 Å². The van der Waals surface area contributed by atoms with Gasteiger partial charge in [-0.15, -0.1) is 0 Å². The van der Waals surface area contributed by atoms with Gasteiger partial charge in [0.1, 0.15) is 6.04 Å². The van der Waals surface area contributed by atoms with E-state index in [0.29, 0.717) is 6.04 Å². The van der Waals surface area contributed by atoms with E-state index in [1.54, 1.807) is 12.1 Å². The maximum atomic E-state index is 11.1. The zero-order valence-electron chi connectivity index (χ0n) is 14.3. The number of H-pyrrole nitrogens is 1. The second-order valence-electron chi connectivity index (χ2n) is 7.73. The number of fused-ring (bicyclic) bond motifs is 3. The summed E-state index contributed by atoms with van der Waals surface area (Å²) in [5, 5.41) is 14.7. The van der Waals surface area contributed by atoms with Crippen LogP contribution in [-0.2, 0) is 6.42 Å². The van der Waals surface area contributed by atoms with Gasteiger partial charge < -0.3 is 10.3 Å². The molecule has 1 heterocycles. The van der Waals surface area contributed by atoms with E-state index in [-0.39, 0.29) is 10.6 Å². The number of nitrogens with two attached hydrogens (primary N) is 1. The Kier molecular flexibility index (Phi) is 4.04. The van der Waals surface area contributed by atoms with Crippen LogP contribution in [0.25, 0.3) is 10.9 Å². The lowest BCUT2D eigenvalue weighted by atomic mass is 9.85. The number of nitrogens with zero attached hydrogens (tertiary/aromatic N) is 1. The first kappa shape index (κ1) is 15.6. The molecule has 5 heteroatoms. The predicted octanol–water partition coefficient (Wildman–Crippen LogP) is 3.60. The average molecular weight is 328 g/mol. The fraction of sp³-hybridized carbons (Fsp3) is 0.579. The van der Waals surface area contributed by atoms with Crippen LogP contribution in [0.5, 0.6) is 0 Å². The summed E-state index contributed by atoms with van der Waals surface area (Å²) in [5.41, 5.74) is 3.86. The maximum Gasteiger partial charge on any atom is 0.270 e. The molecule has 0 bridgehead atoms. The molecule has 2 aliphatic carbocycles. The second-order valence-corrected chi connectivity index (χ2v) is 7.73. The van der Waals surface area contributed by atoms with E-state index in [1.807, 2.05) is 6.07 Å². The predicted molar refractivity (Wildman–Crippen MR) is 94.0 cm³/mol. The standard InChI is InChI=1S/C19H25N3O2/c1-12-4-2-5-13(10-12)20-18-7-3-6-15-16-11-14(22(23)24)8-9-17(16)21-19(15)18/h8-9,11-13,18,20-21H,2-7,10H2,1H3/p+1/t12-,13-,18+/m0/s1. The van der Waals surface area contributed by atoms with Crippen LogP contribution in [0.15, 0.2) is 18.2 Å². The van der Waals surface area contributed by atoms with Crippen LogP contribution in [0.1, 0.15) is 62.7 Å². The van der Waals surface area contributed by atoms with Crippen LogP contribution >= 0.6 is 0 Å². The zero-order chi connectivity index (χ0) is 16.7. The number of aromatic amines is 1. The lowest BCUT2D eigenvalue weighted by Gasteiger charge is -2.30. The molecule has 0 unspecified atom stereocenters. The van der Waals surface area contributed by atoms with Gasteiger partial charge in [0.25, 0.3) is 5.69 Å². The summed E-state index contributed by atoms with van der Waals surface area (Å²) < 4.78 is 0. The van der Waals surface area contributed by atoms with Crippen LogP contribution in [0.2, 0.25) is 0 Å². The van der Waals surface area contributed by atoms with E-state index in [1.165, 1.54) is 49.8 Å². The number of quaternary nitrogens is 1. The maximum absolute atomic E-state index is 11.1. The van der Waals surface area contributed by atoms with Gasteiger partial charge in [0.2, 0.25) is 0 Å². The smallest absolute Gasteiger partial charge is 0.270 e. The number of hydrogen-bond acceptors (Lipinski definition) is 2. The molecular weight excluding hydrogens is 302 g/mol. The fourth-order valence-corrected chi connectivity index (χ4v) is 4.78. The first-order chi connectivity index (χ1) is 11.6. The molecule has 2 aromatic rings. The average Bonchev–Trinajstić information content (AvgIpc) is 2.94. The van der Waals surface area contributed by atoms with Crippen molar-refractivity contribution < 1.29 is 10.2 Å². The van der Waals surface area contributed by atoms with Gasteiger partial charge >= 0.3 is 0 Å². The van der Waals surface area contributed by atoms with E-state index < -0.39 is 0 Å². The summed E-state index contributed by atoms with van der Waals surface area (Å²) >= 11 is 0. The van der Waals surface area contributed by atoms with E-state index in [9.17, 15) is 10.1 Å². The first-order valence-corrected chi connectivity index (χ1v) is 9.25. The molecule has 2 aliphatic rings. The highest BCUT2D eigenvalue weighted by atomic mass is 16.6. The minimum atomic E-state index is -0.297. The monoisotopic (exact) mass is 328 g/mol. The Bertz CT molecular complexity index is 767. The molecule has 0 radical (unpaired) electrons. The van der Waals surface area contributed by atoms with Crippen molar-refractivity contribution >= 4 is 16.6 Å². The number of nitro groups is 1. The van der Waals surface area contributed by atoms with Gasteiger partial charge in [-0.1, -0.05) is 13.3 Å². The Morgan fingerprint density at radius 3 is 2.92 bits per heavy atom. The number of nitrogens with one attached hydrogen (secondary N) is 1. The molecule has 3 N–H and O–H groups in total. The highest BCUT2D eigenvalue weighted by Gasteiger charge is 2.31. The lowest BCUT2D eigenvalue weighted by Crippen LogP contribution is -2.91. The highest BCUT2D eigenvalue weighted by Crippen LogP contribution is 2.35. The molecule has 0 spiro atoms. The van der Waals surface area contributed by atoms with Crippen LogP contribution in [0.4, 0.5) is 5.69 Å². The molecule has 24 heavy (non-hydrogen) atoms. The molecular formula is C19H26N3O2+. The minimum absolute atomic E-state index is 0.191. The van der Waals surface area contributed by atoms with Crippen molar-refractivity contribution in [2.75, 3.05) is 0 Å². The van der Waals surface area contributed by atoms with E-state index >= 15 is 0 Å². The third-order valence-electron chi connectivity index (χ3n) is 5.93. The second kappa shape index (κ2) is 6.20. The lowest BCUT2D eigenvalue weighted by molar-refractivity contribution is -0.732. The largest absolute Gasteiger partial charge is 0.353 e. The van der Waals surface area contributed by atoms with Crippen molar-refractivity contribution in [3.8, 4) is 0 Å². The van der Waals surface area contributed by atoms with Crippen molar-refractivity contribution in [2.24, 2.45) is 5.92 Å². The van der Waals surface area contributed by atoms with Gasteiger partial charge in [-0.05, 0) is 43.2 Å². The Hall–Kier alpha value is -1.88. The summed E-state index contributed by atoms with van der Waals surface area (Å²) in [7, 11) is 0. The molecule has 0 amide bonds. The number of rotatable bonds is 3. The quantitative estimate of drug-likeness (QED) is 0.667. The number of benzene rings is 1. The van der Waals surface area contributed by atoms with Crippen LogP contribution in [0, 0.1) is 16.0 Å². The SMILES string of the molecule is C[C@H]1CCC[C@H]([NH2+][C@@H]2CCCc3c2[nH]c2ccc([N+](=O)[O-])cc32)C1.